The number of rotatable bonds is 3. The third-order valence-electron chi connectivity index (χ3n) is 8.09. The van der Waals surface area contributed by atoms with Crippen molar-refractivity contribution in [1.82, 2.24) is 9.55 Å². The molecule has 0 saturated carbocycles. The molecule has 188 valence electrons. The maximum absolute atomic E-state index is 4.82. The maximum Gasteiger partial charge on any atom is 0.111 e. The molecule has 1 aromatic heterocycles. The first-order chi connectivity index (χ1) is 19.8. The summed E-state index contributed by atoms with van der Waals surface area (Å²) in [5.41, 5.74) is 8.25. The first kappa shape index (κ1) is 22.7. The molecule has 0 aliphatic heterocycles. The second kappa shape index (κ2) is 8.93. The largest absolute Gasteiger partial charge is 0.297 e. The first-order valence-electron chi connectivity index (χ1n) is 13.7. The van der Waals surface area contributed by atoms with Gasteiger partial charge in [-0.15, -0.1) is 0 Å². The molecule has 40 heavy (non-hydrogen) atoms. The highest BCUT2D eigenvalue weighted by atomic mass is 15.1. The Hall–Kier alpha value is -5.21. The predicted molar refractivity (Wildman–Crippen MR) is 169 cm³/mol. The molecule has 0 fully saturated rings. The van der Waals surface area contributed by atoms with Gasteiger partial charge in [0.2, 0.25) is 0 Å². The van der Waals surface area contributed by atoms with Gasteiger partial charge < -0.3 is 0 Å². The van der Waals surface area contributed by atoms with Gasteiger partial charge >= 0.3 is 0 Å². The number of hydrogen-bond donors (Lipinski definition) is 0. The van der Waals surface area contributed by atoms with Crippen LogP contribution in [0.1, 0.15) is 5.82 Å². The normalized spacial score (nSPS) is 11.6. The van der Waals surface area contributed by atoms with Crippen LogP contribution in [0.15, 0.2) is 140 Å². The summed E-state index contributed by atoms with van der Waals surface area (Å²) in [7, 11) is 0. The average molecular weight is 511 g/mol. The molecule has 1 heterocycles. The van der Waals surface area contributed by atoms with E-state index in [1.165, 1.54) is 54.6 Å². The fraction of sp³-hybridized carbons (Fsp3) is 0.0263. The van der Waals surface area contributed by atoms with Crippen LogP contribution >= 0.6 is 0 Å². The van der Waals surface area contributed by atoms with E-state index in [0.717, 1.165) is 22.5 Å². The highest BCUT2D eigenvalue weighted by Gasteiger charge is 2.17. The molecule has 0 aliphatic carbocycles. The Labute approximate surface area is 232 Å². The first-order valence-corrected chi connectivity index (χ1v) is 13.7. The summed E-state index contributed by atoms with van der Waals surface area (Å²) in [5.74, 6) is 0.986. The number of fused-ring (bicyclic) bond motifs is 4. The fourth-order valence-electron chi connectivity index (χ4n) is 6.37. The number of imidazole rings is 1. The Morgan fingerprint density at radius 2 is 1.05 bits per heavy atom. The van der Waals surface area contributed by atoms with Crippen LogP contribution in [0.2, 0.25) is 0 Å². The van der Waals surface area contributed by atoms with E-state index in [4.69, 9.17) is 4.98 Å². The van der Waals surface area contributed by atoms with Gasteiger partial charge in [-0.05, 0) is 91.8 Å². The van der Waals surface area contributed by atoms with E-state index < -0.39 is 0 Å². The van der Waals surface area contributed by atoms with Gasteiger partial charge in [-0.3, -0.25) is 4.57 Å². The molecule has 0 unspecified atom stereocenters. The zero-order valence-corrected chi connectivity index (χ0v) is 22.2. The van der Waals surface area contributed by atoms with Crippen LogP contribution in [0.3, 0.4) is 0 Å². The van der Waals surface area contributed by atoms with Crippen LogP contribution in [0.4, 0.5) is 0 Å². The van der Waals surface area contributed by atoms with Crippen LogP contribution < -0.4 is 0 Å². The van der Waals surface area contributed by atoms with Crippen molar-refractivity contribution in [2.24, 2.45) is 0 Å². The number of aromatic nitrogens is 2. The molecular weight excluding hydrogens is 484 g/mol. The molecule has 0 radical (unpaired) electrons. The van der Waals surface area contributed by atoms with Crippen molar-refractivity contribution in [3.63, 3.8) is 0 Å². The van der Waals surface area contributed by atoms with Crippen molar-refractivity contribution in [1.29, 1.82) is 0 Å². The van der Waals surface area contributed by atoms with E-state index in [2.05, 4.69) is 145 Å². The van der Waals surface area contributed by atoms with Crippen molar-refractivity contribution in [2.45, 2.75) is 6.92 Å². The van der Waals surface area contributed by atoms with Crippen molar-refractivity contribution in [3.8, 4) is 27.9 Å². The third-order valence-corrected chi connectivity index (χ3v) is 8.09. The maximum atomic E-state index is 4.82. The number of aryl methyl sites for hydroxylation is 1. The van der Waals surface area contributed by atoms with Gasteiger partial charge in [0.25, 0.3) is 0 Å². The van der Waals surface area contributed by atoms with Crippen molar-refractivity contribution >= 4 is 43.4 Å². The van der Waals surface area contributed by atoms with E-state index in [-0.39, 0.29) is 0 Å². The van der Waals surface area contributed by atoms with E-state index >= 15 is 0 Å². The smallest absolute Gasteiger partial charge is 0.111 e. The zero-order chi connectivity index (χ0) is 26.6. The Balaban J connectivity index is 1.42. The molecular formula is C38H26N2. The Kier molecular flexibility index (Phi) is 5.08. The molecule has 0 saturated heterocycles. The van der Waals surface area contributed by atoms with Crippen LogP contribution in [0.25, 0.3) is 71.3 Å². The van der Waals surface area contributed by atoms with Gasteiger partial charge in [0.1, 0.15) is 5.82 Å². The second-order valence-corrected chi connectivity index (χ2v) is 10.4. The summed E-state index contributed by atoms with van der Waals surface area (Å²) in [6.07, 6.45) is 0. The van der Waals surface area contributed by atoms with Crippen LogP contribution in [-0.4, -0.2) is 9.55 Å². The van der Waals surface area contributed by atoms with E-state index in [0.29, 0.717) is 0 Å². The van der Waals surface area contributed by atoms with Crippen LogP contribution in [-0.2, 0) is 0 Å². The molecule has 0 aliphatic rings. The lowest BCUT2D eigenvalue weighted by Gasteiger charge is -2.18. The van der Waals surface area contributed by atoms with Crippen molar-refractivity contribution in [3.05, 3.63) is 145 Å². The lowest BCUT2D eigenvalue weighted by Crippen LogP contribution is -1.97. The molecule has 0 atom stereocenters. The minimum atomic E-state index is 0.986. The second-order valence-electron chi connectivity index (χ2n) is 10.4. The van der Waals surface area contributed by atoms with E-state index in [1.807, 2.05) is 6.07 Å². The summed E-state index contributed by atoms with van der Waals surface area (Å²) in [5, 5.41) is 7.56. The van der Waals surface area contributed by atoms with E-state index in [1.54, 1.807) is 0 Å². The van der Waals surface area contributed by atoms with Gasteiger partial charge in [-0.1, -0.05) is 109 Å². The Morgan fingerprint density at radius 3 is 1.75 bits per heavy atom. The SMILES string of the molecule is Cc1nc2ccccc2n1-c1cccc(-c2c3ccccc3c(-c3ccc4ccccc4c3)c3ccccc23)c1. The Morgan fingerprint density at radius 1 is 0.475 bits per heavy atom. The van der Waals surface area contributed by atoms with Gasteiger partial charge in [0, 0.05) is 5.69 Å². The number of nitrogens with zero attached hydrogens (tertiary/aromatic N) is 2. The van der Waals surface area contributed by atoms with Gasteiger partial charge in [-0.25, -0.2) is 4.98 Å². The van der Waals surface area contributed by atoms with Gasteiger partial charge in [0.15, 0.2) is 0 Å². The fourth-order valence-corrected chi connectivity index (χ4v) is 6.37. The van der Waals surface area contributed by atoms with Gasteiger partial charge in [-0.2, -0.15) is 0 Å². The molecule has 0 amide bonds. The molecule has 0 N–H and O–H groups in total. The lowest BCUT2D eigenvalue weighted by molar-refractivity contribution is 1.00. The summed E-state index contributed by atoms with van der Waals surface area (Å²) in [6.45, 7) is 2.08. The minimum Gasteiger partial charge on any atom is -0.297 e. The Bertz CT molecular complexity index is 2180. The summed E-state index contributed by atoms with van der Waals surface area (Å²) in [4.78, 5) is 4.82. The molecule has 0 spiro atoms. The monoisotopic (exact) mass is 510 g/mol. The van der Waals surface area contributed by atoms with Crippen LogP contribution in [0, 0.1) is 6.92 Å². The standard InChI is InChI=1S/C38H26N2/c1-25-39-35-19-8-9-20-36(35)40(25)30-14-10-13-28(24-30)37-31-15-4-6-17-33(31)38(34-18-7-5-16-32(34)37)29-22-21-26-11-2-3-12-27(26)23-29/h2-24H,1H3. The molecule has 8 rings (SSSR count). The van der Waals surface area contributed by atoms with Crippen LogP contribution in [0.5, 0.6) is 0 Å². The predicted octanol–water partition coefficient (Wildman–Crippen LogP) is 10.1. The van der Waals surface area contributed by atoms with Crippen molar-refractivity contribution in [2.75, 3.05) is 0 Å². The molecule has 7 aromatic carbocycles. The molecule has 2 heteroatoms. The molecule has 2 nitrogen and oxygen atoms in total. The summed E-state index contributed by atoms with van der Waals surface area (Å²) in [6, 6.07) is 50.4. The molecule has 8 aromatic rings. The lowest BCUT2D eigenvalue weighted by atomic mass is 9.85. The van der Waals surface area contributed by atoms with Crippen molar-refractivity contribution < 1.29 is 0 Å². The minimum absolute atomic E-state index is 0.986. The molecule has 0 bridgehead atoms. The highest BCUT2D eigenvalue weighted by molar-refractivity contribution is 6.21. The van der Waals surface area contributed by atoms with Gasteiger partial charge in [0.05, 0.1) is 11.0 Å². The van der Waals surface area contributed by atoms with E-state index in [9.17, 15) is 0 Å². The highest BCUT2D eigenvalue weighted by Crippen LogP contribution is 2.44. The quantitative estimate of drug-likeness (QED) is 0.216. The zero-order valence-electron chi connectivity index (χ0n) is 22.2. The number of hydrogen-bond acceptors (Lipinski definition) is 1. The number of para-hydroxylation sites is 2. The topological polar surface area (TPSA) is 17.8 Å². The summed E-state index contributed by atoms with van der Waals surface area (Å²) < 4.78 is 2.26. The summed E-state index contributed by atoms with van der Waals surface area (Å²) >= 11 is 0. The third kappa shape index (κ3) is 3.47. The average Bonchev–Trinajstić information content (AvgIpc) is 3.35. The number of benzene rings is 7.